The number of hydrogen-bond donors (Lipinski definition) is 1. The summed E-state index contributed by atoms with van der Waals surface area (Å²) in [5.74, 6) is -1.36. The van der Waals surface area contributed by atoms with E-state index in [9.17, 15) is 26.4 Å². The van der Waals surface area contributed by atoms with Crippen molar-refractivity contribution in [2.45, 2.75) is 31.3 Å². The summed E-state index contributed by atoms with van der Waals surface area (Å²) in [4.78, 5) is 11.6. The van der Waals surface area contributed by atoms with Crippen LogP contribution in [0.1, 0.15) is 35.3 Å². The molecule has 0 bridgehead atoms. The van der Waals surface area contributed by atoms with Gasteiger partial charge in [0.25, 0.3) is 5.91 Å². The van der Waals surface area contributed by atoms with E-state index in [4.69, 9.17) is 0 Å². The number of carbonyl (C=O) groups excluding carboxylic acids is 1. The van der Waals surface area contributed by atoms with Crippen LogP contribution >= 0.6 is 0 Å². The van der Waals surface area contributed by atoms with Crippen molar-refractivity contribution < 1.29 is 26.4 Å². The van der Waals surface area contributed by atoms with E-state index in [1.165, 1.54) is 20.9 Å². The van der Waals surface area contributed by atoms with Crippen molar-refractivity contribution >= 4 is 21.7 Å². The molecule has 2 rings (SSSR count). The lowest BCUT2D eigenvalue weighted by atomic mass is 10.0. The van der Waals surface area contributed by atoms with E-state index in [-0.39, 0.29) is 23.5 Å². The lowest BCUT2D eigenvalue weighted by Crippen LogP contribution is -2.22. The van der Waals surface area contributed by atoms with Gasteiger partial charge in [-0.15, -0.1) is 0 Å². The number of hydrogen-bond acceptors (Lipinski definition) is 6. The highest BCUT2D eigenvalue weighted by atomic mass is 32.2. The van der Waals surface area contributed by atoms with Crippen LogP contribution in [0.2, 0.25) is 0 Å². The van der Waals surface area contributed by atoms with E-state index in [1.54, 1.807) is 0 Å². The third-order valence-electron chi connectivity index (χ3n) is 3.70. The SMILES string of the molecule is CCc1c(C(=O)Nc2nnnn2C)ccc(C(F)(F)F)c1S(=O)(=O)CC. The second kappa shape index (κ2) is 7.02. The monoisotopic (exact) mass is 391 g/mol. The molecule has 1 aromatic carbocycles. The summed E-state index contributed by atoms with van der Waals surface area (Å²) >= 11 is 0. The Balaban J connectivity index is 2.67. The molecular weight excluding hydrogens is 375 g/mol. The van der Waals surface area contributed by atoms with Crippen LogP contribution in [0.4, 0.5) is 19.1 Å². The second-order valence-electron chi connectivity index (χ2n) is 5.30. The topological polar surface area (TPSA) is 107 Å². The number of amides is 1. The number of anilines is 1. The third-order valence-corrected chi connectivity index (χ3v) is 5.55. The van der Waals surface area contributed by atoms with Gasteiger partial charge in [-0.1, -0.05) is 18.9 Å². The fourth-order valence-electron chi connectivity index (χ4n) is 2.42. The molecule has 0 spiro atoms. The van der Waals surface area contributed by atoms with E-state index in [2.05, 4.69) is 20.8 Å². The quantitative estimate of drug-likeness (QED) is 0.833. The van der Waals surface area contributed by atoms with Crippen LogP contribution in [0.3, 0.4) is 0 Å². The van der Waals surface area contributed by atoms with Gasteiger partial charge < -0.3 is 0 Å². The molecule has 0 unspecified atom stereocenters. The summed E-state index contributed by atoms with van der Waals surface area (Å²) in [6.07, 6.45) is -4.96. The molecule has 0 fully saturated rings. The summed E-state index contributed by atoms with van der Waals surface area (Å²) in [6, 6.07) is 1.56. The molecule has 0 saturated carbocycles. The van der Waals surface area contributed by atoms with Gasteiger partial charge in [0.15, 0.2) is 9.84 Å². The van der Waals surface area contributed by atoms with Crippen molar-refractivity contribution in [3.05, 3.63) is 28.8 Å². The van der Waals surface area contributed by atoms with Crippen LogP contribution in [-0.4, -0.2) is 40.3 Å². The molecule has 0 aliphatic rings. The molecule has 0 radical (unpaired) electrons. The number of sulfone groups is 1. The number of aromatic nitrogens is 4. The van der Waals surface area contributed by atoms with E-state index < -0.39 is 38.1 Å². The lowest BCUT2D eigenvalue weighted by Gasteiger charge is -2.19. The third kappa shape index (κ3) is 3.69. The largest absolute Gasteiger partial charge is 0.417 e. The lowest BCUT2D eigenvalue weighted by molar-refractivity contribution is -0.140. The molecule has 0 aliphatic carbocycles. The highest BCUT2D eigenvalue weighted by Crippen LogP contribution is 2.38. The second-order valence-corrected chi connectivity index (χ2v) is 7.52. The van der Waals surface area contributed by atoms with E-state index in [0.717, 1.165) is 10.7 Å². The Morgan fingerprint density at radius 2 is 1.92 bits per heavy atom. The highest BCUT2D eigenvalue weighted by molar-refractivity contribution is 7.91. The zero-order chi connectivity index (χ0) is 19.7. The minimum atomic E-state index is -4.87. The molecule has 0 saturated heterocycles. The fourth-order valence-corrected chi connectivity index (χ4v) is 3.86. The molecule has 8 nitrogen and oxygen atoms in total. The minimum absolute atomic E-state index is 0.0307. The predicted molar refractivity (Wildman–Crippen MR) is 85.3 cm³/mol. The molecule has 0 aliphatic heterocycles. The first-order chi connectivity index (χ1) is 12.0. The van der Waals surface area contributed by atoms with Crippen molar-refractivity contribution in [3.63, 3.8) is 0 Å². The van der Waals surface area contributed by atoms with E-state index in [1.807, 2.05) is 0 Å². The minimum Gasteiger partial charge on any atom is -0.289 e. The van der Waals surface area contributed by atoms with Crippen molar-refractivity contribution in [2.24, 2.45) is 7.05 Å². The first kappa shape index (κ1) is 19.8. The van der Waals surface area contributed by atoms with Crippen LogP contribution in [0.25, 0.3) is 0 Å². The average Bonchev–Trinajstić information content (AvgIpc) is 2.97. The Kier molecular flexibility index (Phi) is 5.35. The zero-order valence-corrected chi connectivity index (χ0v) is 14.9. The van der Waals surface area contributed by atoms with Gasteiger partial charge in [-0.2, -0.15) is 13.2 Å². The summed E-state index contributed by atoms with van der Waals surface area (Å²) in [5.41, 5.74) is -1.67. The highest BCUT2D eigenvalue weighted by Gasteiger charge is 2.39. The first-order valence-electron chi connectivity index (χ1n) is 7.52. The number of alkyl halides is 3. The summed E-state index contributed by atoms with van der Waals surface area (Å²) < 4.78 is 65.8. The number of halogens is 3. The van der Waals surface area contributed by atoms with Gasteiger partial charge in [0.2, 0.25) is 5.95 Å². The van der Waals surface area contributed by atoms with Crippen LogP contribution in [0, 0.1) is 0 Å². The van der Waals surface area contributed by atoms with Gasteiger partial charge in [0.05, 0.1) is 16.2 Å². The molecule has 12 heteroatoms. The average molecular weight is 391 g/mol. The van der Waals surface area contributed by atoms with Gasteiger partial charge >= 0.3 is 6.18 Å². The van der Waals surface area contributed by atoms with Gasteiger partial charge in [-0.3, -0.25) is 10.1 Å². The number of rotatable bonds is 5. The number of nitrogens with one attached hydrogen (secondary N) is 1. The van der Waals surface area contributed by atoms with Crippen molar-refractivity contribution in [1.29, 1.82) is 0 Å². The number of aryl methyl sites for hydroxylation is 1. The van der Waals surface area contributed by atoms with E-state index >= 15 is 0 Å². The molecule has 1 amide bonds. The smallest absolute Gasteiger partial charge is 0.289 e. The molecule has 1 aromatic heterocycles. The maximum Gasteiger partial charge on any atom is 0.417 e. The van der Waals surface area contributed by atoms with Gasteiger partial charge in [-0.05, 0) is 34.5 Å². The Hall–Kier alpha value is -2.50. The van der Waals surface area contributed by atoms with Gasteiger partial charge in [0, 0.05) is 12.6 Å². The molecule has 26 heavy (non-hydrogen) atoms. The Morgan fingerprint density at radius 3 is 2.38 bits per heavy atom. The molecule has 1 heterocycles. The van der Waals surface area contributed by atoms with Crippen LogP contribution in [0.5, 0.6) is 0 Å². The van der Waals surface area contributed by atoms with Crippen molar-refractivity contribution in [2.75, 3.05) is 11.1 Å². The van der Waals surface area contributed by atoms with Crippen molar-refractivity contribution in [3.8, 4) is 0 Å². The summed E-state index contributed by atoms with van der Waals surface area (Å²) in [7, 11) is -2.77. The molecule has 0 atom stereocenters. The summed E-state index contributed by atoms with van der Waals surface area (Å²) in [5, 5.41) is 12.8. The molecule has 2 aromatic rings. The molecule has 1 N–H and O–H groups in total. The number of benzene rings is 1. The normalized spacial score (nSPS) is 12.2. The maximum atomic E-state index is 13.3. The Morgan fingerprint density at radius 1 is 1.27 bits per heavy atom. The molecule has 142 valence electrons. The molecular formula is C14H16F3N5O3S. The first-order valence-corrected chi connectivity index (χ1v) is 9.17. The number of nitrogens with zero attached hydrogens (tertiary/aromatic N) is 4. The maximum absolute atomic E-state index is 13.3. The van der Waals surface area contributed by atoms with Crippen LogP contribution < -0.4 is 5.32 Å². The number of tetrazole rings is 1. The van der Waals surface area contributed by atoms with Gasteiger partial charge in [0.1, 0.15) is 0 Å². The standard InChI is InChI=1S/C14H16F3N5O3S/c1-4-8-9(12(23)18-13-19-20-21-22(13)3)6-7-10(14(15,16)17)11(8)26(24,25)5-2/h6-7H,4-5H2,1-3H3,(H,18,19,21,23). The van der Waals surface area contributed by atoms with E-state index in [0.29, 0.717) is 6.07 Å². The zero-order valence-electron chi connectivity index (χ0n) is 14.1. The summed E-state index contributed by atoms with van der Waals surface area (Å²) in [6.45, 7) is 2.72. The number of carbonyl (C=O) groups is 1. The fraction of sp³-hybridized carbons (Fsp3) is 0.429. The van der Waals surface area contributed by atoms with Crippen molar-refractivity contribution in [1.82, 2.24) is 20.2 Å². The Labute approximate surface area is 147 Å². The Bertz CT molecular complexity index is 938. The van der Waals surface area contributed by atoms with Crippen LogP contribution in [0.15, 0.2) is 17.0 Å². The predicted octanol–water partition coefficient (Wildman–Crippen LogP) is 1.84. The van der Waals surface area contributed by atoms with Crippen LogP contribution in [-0.2, 0) is 29.5 Å². The van der Waals surface area contributed by atoms with Gasteiger partial charge in [-0.25, -0.2) is 13.1 Å².